The topological polar surface area (TPSA) is 146 Å². The lowest BCUT2D eigenvalue weighted by Gasteiger charge is -2.35. The van der Waals surface area contributed by atoms with Crippen LogP contribution in [0.2, 0.25) is 0 Å². The molecule has 0 radical (unpaired) electrons. The summed E-state index contributed by atoms with van der Waals surface area (Å²) in [6.07, 6.45) is 0.581. The summed E-state index contributed by atoms with van der Waals surface area (Å²) in [6, 6.07) is 0. The van der Waals surface area contributed by atoms with Crippen molar-refractivity contribution in [2.45, 2.75) is 6.29 Å². The van der Waals surface area contributed by atoms with Crippen molar-refractivity contribution >= 4 is 30.2 Å². The van der Waals surface area contributed by atoms with E-state index in [-0.39, 0.29) is 11.9 Å². The maximum absolute atomic E-state index is 5.67. The number of hydrazine groups is 1. The molecule has 1 unspecified atom stereocenters. The van der Waals surface area contributed by atoms with Crippen molar-refractivity contribution in [2.75, 3.05) is 0 Å². The molecule has 0 saturated carbocycles. The second-order valence-electron chi connectivity index (χ2n) is 3.12. The minimum atomic E-state index is -0.737. The van der Waals surface area contributed by atoms with E-state index in [1.165, 1.54) is 11.2 Å². The van der Waals surface area contributed by atoms with Crippen LogP contribution in [0.4, 0.5) is 0 Å². The highest BCUT2D eigenvalue weighted by Crippen LogP contribution is 2.15. The van der Waals surface area contributed by atoms with Crippen LogP contribution < -0.4 is 17.3 Å². The van der Waals surface area contributed by atoms with Crippen LogP contribution in [-0.4, -0.2) is 46.4 Å². The van der Waals surface area contributed by atoms with Crippen LogP contribution in [0.3, 0.4) is 0 Å². The minimum absolute atomic E-state index is 0.0810. The summed E-state index contributed by atoms with van der Waals surface area (Å²) in [5, 5.41) is 1.12. The molecule has 0 aromatic heterocycles. The Kier molecular flexibility index (Phi) is 1.58. The molecule has 0 aromatic rings. The van der Waals surface area contributed by atoms with E-state index in [1.54, 1.807) is 0 Å². The number of nitrogens with two attached hydrogens (primary N) is 3. The van der Waals surface area contributed by atoms with Gasteiger partial charge in [-0.05, 0) is 0 Å². The van der Waals surface area contributed by atoms with Gasteiger partial charge in [-0.2, -0.15) is 4.99 Å². The molecule has 82 valence electrons. The maximum atomic E-state index is 5.67. The van der Waals surface area contributed by atoms with E-state index in [1.807, 2.05) is 0 Å². The highest BCUT2D eigenvalue weighted by molar-refractivity contribution is 6.25. The number of rotatable bonds is 0. The van der Waals surface area contributed by atoms with Gasteiger partial charge in [0, 0.05) is 0 Å². The van der Waals surface area contributed by atoms with Gasteiger partial charge in [0.25, 0.3) is 0 Å². The van der Waals surface area contributed by atoms with Crippen molar-refractivity contribution in [2.24, 2.45) is 42.3 Å². The minimum Gasteiger partial charge on any atom is -0.368 e. The zero-order valence-corrected chi connectivity index (χ0v) is 8.02. The lowest BCUT2D eigenvalue weighted by molar-refractivity contribution is 0.547. The molecular formula is C6H8N10. The lowest BCUT2D eigenvalue weighted by atomic mass is 10.5. The van der Waals surface area contributed by atoms with Gasteiger partial charge >= 0.3 is 0 Å². The molecule has 3 aliphatic heterocycles. The van der Waals surface area contributed by atoms with Crippen molar-refractivity contribution in [3.63, 3.8) is 0 Å². The summed E-state index contributed by atoms with van der Waals surface area (Å²) in [5.41, 5.74) is 11.2. The third kappa shape index (κ3) is 1.04. The van der Waals surface area contributed by atoms with Gasteiger partial charge in [0.05, 0.1) is 0 Å². The fourth-order valence-electron chi connectivity index (χ4n) is 1.44. The monoisotopic (exact) mass is 220 g/mol. The Bertz CT molecular complexity index is 495. The summed E-state index contributed by atoms with van der Waals surface area (Å²) >= 11 is 0. The van der Waals surface area contributed by atoms with Gasteiger partial charge in [-0.15, -0.1) is 0 Å². The molecule has 3 aliphatic rings. The van der Waals surface area contributed by atoms with Gasteiger partial charge in [0.1, 0.15) is 6.34 Å². The second kappa shape index (κ2) is 2.84. The summed E-state index contributed by atoms with van der Waals surface area (Å²) in [5.74, 6) is 6.72. The first-order chi connectivity index (χ1) is 7.66. The summed E-state index contributed by atoms with van der Waals surface area (Å²) in [7, 11) is 0. The van der Waals surface area contributed by atoms with Crippen LogP contribution in [0, 0.1) is 0 Å². The van der Waals surface area contributed by atoms with Gasteiger partial charge < -0.3 is 5.73 Å². The van der Waals surface area contributed by atoms with E-state index in [4.69, 9.17) is 17.3 Å². The zero-order valence-electron chi connectivity index (χ0n) is 8.02. The molecule has 0 amide bonds. The Balaban J connectivity index is 2.19. The standard InChI is InChI=1S/C6H8N10/c7-2-12-4-10-1-11-6-15(4)5(13-2)14-3(8)16(6)9/h1-2H,7,9H2,(H2,8,13,14). The molecule has 0 aliphatic carbocycles. The number of guanidine groups is 4. The average Bonchev–Trinajstić information content (AvgIpc) is 2.25. The first kappa shape index (κ1) is 8.94. The number of hydrogen-bond acceptors (Lipinski definition) is 10. The van der Waals surface area contributed by atoms with E-state index in [0.29, 0.717) is 11.9 Å². The first-order valence-electron chi connectivity index (χ1n) is 4.37. The zero-order chi connectivity index (χ0) is 11.3. The first-order valence-corrected chi connectivity index (χ1v) is 4.37. The van der Waals surface area contributed by atoms with Crippen LogP contribution in [-0.2, 0) is 0 Å². The molecule has 10 nitrogen and oxygen atoms in total. The van der Waals surface area contributed by atoms with Crippen LogP contribution in [0.25, 0.3) is 0 Å². The molecule has 3 rings (SSSR count). The largest absolute Gasteiger partial charge is 0.368 e. The van der Waals surface area contributed by atoms with Crippen molar-refractivity contribution in [3.05, 3.63) is 0 Å². The van der Waals surface area contributed by atoms with Crippen molar-refractivity contribution < 1.29 is 0 Å². The van der Waals surface area contributed by atoms with Crippen molar-refractivity contribution in [3.8, 4) is 0 Å². The quantitative estimate of drug-likeness (QED) is 0.376. The number of aliphatic imine (C=N–C) groups is 5. The molecule has 10 heteroatoms. The highest BCUT2D eigenvalue weighted by Gasteiger charge is 2.36. The van der Waals surface area contributed by atoms with Crippen molar-refractivity contribution in [1.29, 1.82) is 0 Å². The fraction of sp³-hybridized carbons (Fsp3) is 0.167. The fourth-order valence-corrected chi connectivity index (χ4v) is 1.44. The van der Waals surface area contributed by atoms with Gasteiger partial charge in [-0.3, -0.25) is 5.73 Å². The molecule has 1 atom stereocenters. The summed E-state index contributed by atoms with van der Waals surface area (Å²) in [6.45, 7) is 0. The Hall–Kier alpha value is -2.33. The normalized spacial score (nSPS) is 26.8. The van der Waals surface area contributed by atoms with Crippen molar-refractivity contribution in [1.82, 2.24) is 9.91 Å². The number of nitrogens with zero attached hydrogens (tertiary/aromatic N) is 7. The molecule has 0 aromatic carbocycles. The Morgan fingerprint density at radius 3 is 2.81 bits per heavy atom. The molecule has 6 N–H and O–H groups in total. The Labute approximate surface area is 89.5 Å². The van der Waals surface area contributed by atoms with Gasteiger partial charge in [0.2, 0.25) is 23.8 Å². The van der Waals surface area contributed by atoms with Gasteiger partial charge in [0.15, 0.2) is 6.29 Å². The molecule has 0 fully saturated rings. The van der Waals surface area contributed by atoms with Crippen LogP contribution in [0.1, 0.15) is 0 Å². The van der Waals surface area contributed by atoms with Crippen LogP contribution in [0.5, 0.6) is 0 Å². The molecular weight excluding hydrogens is 212 g/mol. The third-order valence-electron chi connectivity index (χ3n) is 2.12. The number of hydrogen-bond donors (Lipinski definition) is 3. The molecule has 0 bridgehead atoms. The molecule has 0 saturated heterocycles. The predicted octanol–water partition coefficient (Wildman–Crippen LogP) is -2.84. The average molecular weight is 220 g/mol. The van der Waals surface area contributed by atoms with Crippen LogP contribution >= 0.6 is 0 Å². The van der Waals surface area contributed by atoms with E-state index >= 15 is 0 Å². The van der Waals surface area contributed by atoms with Crippen LogP contribution in [0.15, 0.2) is 25.0 Å². The maximum Gasteiger partial charge on any atom is 0.241 e. The van der Waals surface area contributed by atoms with E-state index in [2.05, 4.69) is 25.0 Å². The smallest absolute Gasteiger partial charge is 0.241 e. The predicted molar refractivity (Wildman–Crippen MR) is 58.3 cm³/mol. The van der Waals surface area contributed by atoms with E-state index in [0.717, 1.165) is 5.01 Å². The van der Waals surface area contributed by atoms with E-state index in [9.17, 15) is 0 Å². The molecule has 3 heterocycles. The molecule has 0 spiro atoms. The van der Waals surface area contributed by atoms with Gasteiger partial charge in [-0.1, -0.05) is 0 Å². The van der Waals surface area contributed by atoms with Gasteiger partial charge in [-0.25, -0.2) is 35.7 Å². The SMILES string of the molecule is NC1=NC2=NC(N)N=C3N=CN=C(N1N)N32. The lowest BCUT2D eigenvalue weighted by Crippen LogP contribution is -2.62. The molecule has 16 heavy (non-hydrogen) atoms. The Morgan fingerprint density at radius 2 is 2.00 bits per heavy atom. The van der Waals surface area contributed by atoms with E-state index < -0.39 is 6.29 Å². The summed E-state index contributed by atoms with van der Waals surface area (Å²) in [4.78, 5) is 21.4. The third-order valence-corrected chi connectivity index (χ3v) is 2.12. The Morgan fingerprint density at radius 1 is 1.25 bits per heavy atom. The highest BCUT2D eigenvalue weighted by atomic mass is 15.6. The second-order valence-corrected chi connectivity index (χ2v) is 3.12. The summed E-state index contributed by atoms with van der Waals surface area (Å²) < 4.78 is 0.